The Balaban J connectivity index is 1.76. The molecule has 1 aliphatic rings. The first-order chi connectivity index (χ1) is 10.5. The number of sulfone groups is 1. The molecule has 2 heterocycles. The number of aromatic nitrogens is 1. The van der Waals surface area contributed by atoms with Crippen molar-refractivity contribution in [3.63, 3.8) is 0 Å². The summed E-state index contributed by atoms with van der Waals surface area (Å²) >= 11 is 0. The lowest BCUT2D eigenvalue weighted by atomic mass is 10.3. The maximum absolute atomic E-state index is 11.9. The number of ether oxygens (including phenoxy) is 1. The summed E-state index contributed by atoms with van der Waals surface area (Å²) in [6.07, 6.45) is 5.55. The van der Waals surface area contributed by atoms with Crippen LogP contribution in [-0.4, -0.2) is 38.9 Å². The molecular formula is C16H18N2O3S. The molecule has 0 amide bonds. The number of nitrogens with zero attached hydrogens (tertiary/aromatic N) is 2. The van der Waals surface area contributed by atoms with E-state index in [-0.39, 0.29) is 6.10 Å². The van der Waals surface area contributed by atoms with Crippen LogP contribution in [0.4, 0.5) is 5.69 Å². The van der Waals surface area contributed by atoms with Crippen molar-refractivity contribution in [2.75, 3.05) is 24.2 Å². The Labute approximate surface area is 130 Å². The van der Waals surface area contributed by atoms with Crippen molar-refractivity contribution in [3.8, 4) is 5.75 Å². The van der Waals surface area contributed by atoms with E-state index in [0.29, 0.717) is 11.4 Å². The molecule has 1 saturated heterocycles. The molecule has 1 fully saturated rings. The van der Waals surface area contributed by atoms with Gasteiger partial charge in [-0.3, -0.25) is 4.98 Å². The van der Waals surface area contributed by atoms with Crippen molar-refractivity contribution in [1.82, 2.24) is 4.98 Å². The fraction of sp³-hybridized carbons (Fsp3) is 0.312. The highest BCUT2D eigenvalue weighted by molar-refractivity contribution is 7.90. The minimum atomic E-state index is -3.24. The van der Waals surface area contributed by atoms with Gasteiger partial charge in [-0.1, -0.05) is 12.1 Å². The number of pyridine rings is 1. The maximum atomic E-state index is 11.9. The van der Waals surface area contributed by atoms with E-state index in [2.05, 4.69) is 9.88 Å². The molecule has 0 bridgehead atoms. The molecule has 1 atom stereocenters. The van der Waals surface area contributed by atoms with Gasteiger partial charge in [-0.15, -0.1) is 0 Å². The Morgan fingerprint density at radius 1 is 1.18 bits per heavy atom. The molecule has 1 aromatic heterocycles. The molecule has 5 nitrogen and oxygen atoms in total. The second-order valence-electron chi connectivity index (χ2n) is 5.40. The van der Waals surface area contributed by atoms with E-state index in [9.17, 15) is 8.42 Å². The molecule has 116 valence electrons. The van der Waals surface area contributed by atoms with Gasteiger partial charge in [-0.25, -0.2) is 8.42 Å². The molecule has 6 heteroatoms. The van der Waals surface area contributed by atoms with Crippen LogP contribution in [0.1, 0.15) is 6.42 Å². The van der Waals surface area contributed by atoms with Gasteiger partial charge in [0.15, 0.2) is 9.84 Å². The highest BCUT2D eigenvalue weighted by Crippen LogP contribution is 2.29. The van der Waals surface area contributed by atoms with Crippen LogP contribution in [0.3, 0.4) is 0 Å². The Kier molecular flexibility index (Phi) is 4.02. The molecule has 0 N–H and O–H groups in total. The van der Waals surface area contributed by atoms with Crippen LogP contribution >= 0.6 is 0 Å². The van der Waals surface area contributed by atoms with E-state index in [1.54, 1.807) is 24.5 Å². The quantitative estimate of drug-likeness (QED) is 0.864. The minimum absolute atomic E-state index is 0.0509. The van der Waals surface area contributed by atoms with E-state index < -0.39 is 9.84 Å². The van der Waals surface area contributed by atoms with Gasteiger partial charge in [0.25, 0.3) is 0 Å². The van der Waals surface area contributed by atoms with E-state index >= 15 is 0 Å². The Hall–Kier alpha value is -2.08. The zero-order chi connectivity index (χ0) is 15.6. The van der Waals surface area contributed by atoms with E-state index in [1.807, 2.05) is 24.3 Å². The summed E-state index contributed by atoms with van der Waals surface area (Å²) < 4.78 is 29.8. The second-order valence-corrected chi connectivity index (χ2v) is 7.38. The zero-order valence-corrected chi connectivity index (χ0v) is 13.2. The van der Waals surface area contributed by atoms with Gasteiger partial charge in [0, 0.05) is 31.6 Å². The first kappa shape index (κ1) is 14.8. The standard InChI is InChI=1S/C16H18N2O3S/c1-22(19,20)16-5-3-2-4-15(16)18-11-8-14(12-18)21-13-6-9-17-10-7-13/h2-7,9-10,14H,8,11-12H2,1H3/t14-/m1/s1. The molecule has 2 aromatic rings. The molecule has 0 aliphatic carbocycles. The predicted octanol–water partition coefficient (Wildman–Crippen LogP) is 2.14. The average Bonchev–Trinajstić information content (AvgIpc) is 2.96. The van der Waals surface area contributed by atoms with Crippen LogP contribution < -0.4 is 9.64 Å². The van der Waals surface area contributed by atoms with Crippen LogP contribution in [0.15, 0.2) is 53.7 Å². The molecule has 0 spiro atoms. The van der Waals surface area contributed by atoms with Gasteiger partial charge in [0.1, 0.15) is 11.9 Å². The molecular weight excluding hydrogens is 300 g/mol. The molecule has 0 radical (unpaired) electrons. The van der Waals surface area contributed by atoms with Gasteiger partial charge in [0.05, 0.1) is 17.1 Å². The summed E-state index contributed by atoms with van der Waals surface area (Å²) in [5.74, 6) is 0.790. The van der Waals surface area contributed by atoms with Crippen molar-refractivity contribution >= 4 is 15.5 Å². The SMILES string of the molecule is CS(=O)(=O)c1ccccc1N1CC[C@@H](Oc2ccncc2)C1. The van der Waals surface area contributed by atoms with Crippen molar-refractivity contribution in [1.29, 1.82) is 0 Å². The second kappa shape index (κ2) is 5.96. The molecule has 22 heavy (non-hydrogen) atoms. The summed E-state index contributed by atoms with van der Waals surface area (Å²) in [5.41, 5.74) is 0.755. The Bertz CT molecular complexity index is 747. The molecule has 1 aliphatic heterocycles. The Morgan fingerprint density at radius 2 is 1.91 bits per heavy atom. The molecule has 3 rings (SSSR count). The number of hydrogen-bond acceptors (Lipinski definition) is 5. The zero-order valence-electron chi connectivity index (χ0n) is 12.3. The number of rotatable bonds is 4. The normalized spacial score (nSPS) is 18.4. The van der Waals surface area contributed by atoms with Gasteiger partial charge >= 0.3 is 0 Å². The first-order valence-corrected chi connectivity index (χ1v) is 9.04. The summed E-state index contributed by atoms with van der Waals surface area (Å²) in [4.78, 5) is 6.41. The first-order valence-electron chi connectivity index (χ1n) is 7.15. The number of benzene rings is 1. The molecule has 0 saturated carbocycles. The van der Waals surface area contributed by atoms with E-state index in [0.717, 1.165) is 24.4 Å². The number of anilines is 1. The van der Waals surface area contributed by atoms with Crippen LogP contribution in [0.25, 0.3) is 0 Å². The average molecular weight is 318 g/mol. The van der Waals surface area contributed by atoms with Gasteiger partial charge in [-0.05, 0) is 24.3 Å². The maximum Gasteiger partial charge on any atom is 0.177 e. The summed E-state index contributed by atoms with van der Waals surface area (Å²) in [5, 5.41) is 0. The smallest absolute Gasteiger partial charge is 0.177 e. The van der Waals surface area contributed by atoms with Crippen molar-refractivity contribution in [3.05, 3.63) is 48.8 Å². The monoisotopic (exact) mass is 318 g/mol. The molecule has 0 unspecified atom stereocenters. The summed E-state index contributed by atoms with van der Waals surface area (Å²) in [7, 11) is -3.24. The lowest BCUT2D eigenvalue weighted by Crippen LogP contribution is -2.25. The number of para-hydroxylation sites is 1. The summed E-state index contributed by atoms with van der Waals surface area (Å²) in [6, 6.07) is 10.8. The lowest BCUT2D eigenvalue weighted by molar-refractivity contribution is 0.224. The van der Waals surface area contributed by atoms with E-state index in [1.165, 1.54) is 6.26 Å². The van der Waals surface area contributed by atoms with Gasteiger partial charge in [0.2, 0.25) is 0 Å². The lowest BCUT2D eigenvalue weighted by Gasteiger charge is -2.21. The predicted molar refractivity (Wildman–Crippen MR) is 85.0 cm³/mol. The van der Waals surface area contributed by atoms with Crippen LogP contribution in [0, 0.1) is 0 Å². The fourth-order valence-corrected chi connectivity index (χ4v) is 3.59. The van der Waals surface area contributed by atoms with Crippen LogP contribution in [-0.2, 0) is 9.84 Å². The van der Waals surface area contributed by atoms with Gasteiger partial charge in [-0.2, -0.15) is 0 Å². The van der Waals surface area contributed by atoms with Crippen molar-refractivity contribution < 1.29 is 13.2 Å². The van der Waals surface area contributed by atoms with Crippen molar-refractivity contribution in [2.45, 2.75) is 17.4 Å². The summed E-state index contributed by atoms with van der Waals surface area (Å²) in [6.45, 7) is 1.46. The fourth-order valence-electron chi connectivity index (χ4n) is 2.68. The Morgan fingerprint density at radius 3 is 2.64 bits per heavy atom. The topological polar surface area (TPSA) is 59.5 Å². The van der Waals surface area contributed by atoms with Crippen LogP contribution in [0.2, 0.25) is 0 Å². The highest BCUT2D eigenvalue weighted by atomic mass is 32.2. The third kappa shape index (κ3) is 3.22. The van der Waals surface area contributed by atoms with E-state index in [4.69, 9.17) is 4.74 Å². The molecule has 1 aromatic carbocycles. The van der Waals surface area contributed by atoms with Crippen LogP contribution in [0.5, 0.6) is 5.75 Å². The largest absolute Gasteiger partial charge is 0.488 e. The number of hydrogen-bond donors (Lipinski definition) is 0. The van der Waals surface area contributed by atoms with Crippen molar-refractivity contribution in [2.24, 2.45) is 0 Å². The minimum Gasteiger partial charge on any atom is -0.488 e. The third-order valence-corrected chi connectivity index (χ3v) is 4.85. The highest BCUT2D eigenvalue weighted by Gasteiger charge is 2.27. The van der Waals surface area contributed by atoms with Gasteiger partial charge < -0.3 is 9.64 Å². The third-order valence-electron chi connectivity index (χ3n) is 3.70.